The van der Waals surface area contributed by atoms with Gasteiger partial charge in [-0.25, -0.2) is 8.42 Å². The van der Waals surface area contributed by atoms with Crippen molar-refractivity contribution < 1.29 is 13.2 Å². The van der Waals surface area contributed by atoms with Crippen LogP contribution in [0.1, 0.15) is 16.1 Å². The van der Waals surface area contributed by atoms with Gasteiger partial charge in [0.1, 0.15) is 4.21 Å². The fourth-order valence-electron chi connectivity index (χ4n) is 4.07. The zero-order valence-electron chi connectivity index (χ0n) is 17.3. The third-order valence-corrected chi connectivity index (χ3v) is 9.39. The molecule has 0 atom stereocenters. The molecule has 2 N–H and O–H groups in total. The molecule has 7 nitrogen and oxygen atoms in total. The molecule has 5 rings (SSSR count). The van der Waals surface area contributed by atoms with Gasteiger partial charge in [0.05, 0.1) is 33.4 Å². The molecule has 0 radical (unpaired) electrons. The summed E-state index contributed by atoms with van der Waals surface area (Å²) in [6, 6.07) is 18.3. The molecule has 0 saturated heterocycles. The van der Waals surface area contributed by atoms with Gasteiger partial charge in [-0.1, -0.05) is 48.0 Å². The van der Waals surface area contributed by atoms with Crippen LogP contribution in [0.5, 0.6) is 0 Å². The summed E-state index contributed by atoms with van der Waals surface area (Å²) < 4.78 is 30.4. The minimum absolute atomic E-state index is 0.00395. The van der Waals surface area contributed by atoms with Crippen LogP contribution in [-0.4, -0.2) is 34.7 Å². The predicted octanol–water partition coefficient (Wildman–Crippen LogP) is 4.24. The average molecular weight is 499 g/mol. The third kappa shape index (κ3) is 3.76. The van der Waals surface area contributed by atoms with Gasteiger partial charge in [0.15, 0.2) is 0 Å². The van der Waals surface area contributed by atoms with Gasteiger partial charge < -0.3 is 10.3 Å². The number of sulfonamides is 1. The number of pyridine rings is 1. The summed E-state index contributed by atoms with van der Waals surface area (Å²) in [6.07, 6.45) is 1.67. The van der Waals surface area contributed by atoms with Gasteiger partial charge >= 0.3 is 0 Å². The zero-order valence-corrected chi connectivity index (χ0v) is 19.7. The van der Waals surface area contributed by atoms with Crippen LogP contribution in [0.4, 0.5) is 0 Å². The van der Waals surface area contributed by atoms with Crippen molar-refractivity contribution in [3.05, 3.63) is 83.1 Å². The number of primary amides is 1. The maximum absolute atomic E-state index is 13.4. The summed E-state index contributed by atoms with van der Waals surface area (Å²) in [5.41, 5.74) is 8.55. The lowest BCUT2D eigenvalue weighted by atomic mass is 10.1. The number of nitrogens with two attached hydrogens (primary N) is 1. The smallest absolute Gasteiger partial charge is 0.252 e. The molecule has 4 heterocycles. The number of amides is 1. The van der Waals surface area contributed by atoms with Crippen molar-refractivity contribution in [3.63, 3.8) is 0 Å². The molecule has 0 unspecified atom stereocenters. The van der Waals surface area contributed by atoms with Crippen molar-refractivity contribution in [2.75, 3.05) is 6.54 Å². The van der Waals surface area contributed by atoms with Crippen LogP contribution >= 0.6 is 22.9 Å². The number of thiophene rings is 1. The third-order valence-electron chi connectivity index (χ3n) is 5.60. The largest absolute Gasteiger partial charge is 0.365 e. The van der Waals surface area contributed by atoms with Gasteiger partial charge in [0, 0.05) is 25.0 Å². The Balaban J connectivity index is 1.53. The molecule has 168 valence electrons. The molecule has 1 aliphatic heterocycles. The van der Waals surface area contributed by atoms with E-state index in [9.17, 15) is 13.2 Å². The van der Waals surface area contributed by atoms with Crippen LogP contribution in [-0.2, 0) is 23.1 Å². The summed E-state index contributed by atoms with van der Waals surface area (Å²) in [5.74, 6) is -0.682. The number of halogens is 1. The Morgan fingerprint density at radius 1 is 1.03 bits per heavy atom. The number of benzene rings is 1. The van der Waals surface area contributed by atoms with E-state index in [-0.39, 0.29) is 27.9 Å². The van der Waals surface area contributed by atoms with Crippen molar-refractivity contribution >= 4 is 38.9 Å². The maximum Gasteiger partial charge on any atom is 0.252 e. The fourth-order valence-corrected chi connectivity index (χ4v) is 7.31. The first-order valence-electron chi connectivity index (χ1n) is 10.2. The predicted molar refractivity (Wildman–Crippen MR) is 129 cm³/mol. The summed E-state index contributed by atoms with van der Waals surface area (Å²) in [4.78, 5) is 17.3. The van der Waals surface area contributed by atoms with E-state index >= 15 is 0 Å². The van der Waals surface area contributed by atoms with Gasteiger partial charge in [-0.3, -0.25) is 9.78 Å². The Bertz CT molecular complexity index is 1450. The Labute approximate surface area is 200 Å². The lowest BCUT2D eigenvalue weighted by Gasteiger charge is -2.29. The lowest BCUT2D eigenvalue weighted by molar-refractivity contribution is 0.0998. The van der Waals surface area contributed by atoms with Gasteiger partial charge in [0.2, 0.25) is 0 Å². The second kappa shape index (κ2) is 8.42. The molecular formula is C23H19ClN4O3S2. The normalized spacial score (nSPS) is 14.2. The van der Waals surface area contributed by atoms with Gasteiger partial charge in [-0.2, -0.15) is 4.31 Å². The van der Waals surface area contributed by atoms with E-state index in [2.05, 4.69) is 4.98 Å². The van der Waals surface area contributed by atoms with Crippen LogP contribution in [0, 0.1) is 0 Å². The van der Waals surface area contributed by atoms with E-state index in [4.69, 9.17) is 17.3 Å². The minimum Gasteiger partial charge on any atom is -0.365 e. The van der Waals surface area contributed by atoms with Crippen LogP contribution < -0.4 is 5.73 Å². The molecule has 0 spiro atoms. The monoisotopic (exact) mass is 498 g/mol. The average Bonchev–Trinajstić information content (AvgIpc) is 3.43. The fraction of sp³-hybridized carbons (Fsp3) is 0.130. The molecule has 1 aromatic carbocycles. The summed E-state index contributed by atoms with van der Waals surface area (Å²) >= 11 is 7.77. The second-order valence-electron chi connectivity index (χ2n) is 7.54. The van der Waals surface area contributed by atoms with Crippen molar-refractivity contribution in [1.29, 1.82) is 0 Å². The number of rotatable bonds is 5. The van der Waals surface area contributed by atoms with E-state index in [0.29, 0.717) is 23.6 Å². The zero-order chi connectivity index (χ0) is 23.2. The number of hydrogen-bond acceptors (Lipinski definition) is 5. The van der Waals surface area contributed by atoms with E-state index in [1.165, 1.54) is 15.6 Å². The Morgan fingerprint density at radius 2 is 1.79 bits per heavy atom. The highest BCUT2D eigenvalue weighted by molar-refractivity contribution is 7.91. The quantitative estimate of drug-likeness (QED) is 0.445. The Morgan fingerprint density at radius 3 is 2.48 bits per heavy atom. The van der Waals surface area contributed by atoms with Crippen molar-refractivity contribution in [1.82, 2.24) is 13.9 Å². The van der Waals surface area contributed by atoms with Crippen molar-refractivity contribution in [2.24, 2.45) is 5.73 Å². The molecule has 1 aliphatic rings. The van der Waals surface area contributed by atoms with E-state index in [1.807, 2.05) is 53.1 Å². The van der Waals surface area contributed by atoms with Crippen LogP contribution in [0.15, 0.2) is 71.1 Å². The molecule has 1 amide bonds. The molecule has 33 heavy (non-hydrogen) atoms. The first-order valence-corrected chi connectivity index (χ1v) is 12.8. The first-order chi connectivity index (χ1) is 15.9. The summed E-state index contributed by atoms with van der Waals surface area (Å²) in [6.45, 7) is 0.601. The van der Waals surface area contributed by atoms with Gasteiger partial charge in [-0.15, -0.1) is 11.3 Å². The number of carbonyl (C=O) groups excluding carboxylic acids is 1. The number of carbonyl (C=O) groups is 1. The van der Waals surface area contributed by atoms with Crippen LogP contribution in [0.2, 0.25) is 5.02 Å². The molecule has 0 aliphatic carbocycles. The maximum atomic E-state index is 13.4. The number of hydrogen-bond donors (Lipinski definition) is 1. The van der Waals surface area contributed by atoms with E-state index < -0.39 is 15.9 Å². The number of aromatic nitrogens is 2. The van der Waals surface area contributed by atoms with E-state index in [1.54, 1.807) is 18.3 Å². The highest BCUT2D eigenvalue weighted by Crippen LogP contribution is 2.39. The summed E-state index contributed by atoms with van der Waals surface area (Å²) in [7, 11) is -3.79. The highest BCUT2D eigenvalue weighted by atomic mass is 35.5. The van der Waals surface area contributed by atoms with Gasteiger partial charge in [-0.05, 0) is 29.8 Å². The van der Waals surface area contributed by atoms with Crippen molar-refractivity contribution in [2.45, 2.75) is 17.3 Å². The molecule has 0 bridgehead atoms. The Kier molecular flexibility index (Phi) is 5.57. The minimum atomic E-state index is -3.79. The highest BCUT2D eigenvalue weighted by Gasteiger charge is 2.35. The summed E-state index contributed by atoms with van der Waals surface area (Å²) in [5, 5.41) is 0.247. The molecule has 0 saturated carbocycles. The standard InChI is InChI=1S/C23H19ClN4O3S2/c24-21-20(23(25)29)17-14-27(12-13-28(17)22(21)15-6-2-1-3-7-15)33(30,31)19-10-9-18(32-19)16-8-4-5-11-26-16/h1-11H,12-14H2,(H2,25,29). The lowest BCUT2D eigenvalue weighted by Crippen LogP contribution is -2.38. The van der Waals surface area contributed by atoms with Crippen LogP contribution in [0.3, 0.4) is 0 Å². The van der Waals surface area contributed by atoms with Crippen LogP contribution in [0.25, 0.3) is 21.8 Å². The van der Waals surface area contributed by atoms with Crippen molar-refractivity contribution in [3.8, 4) is 21.8 Å². The first kappa shape index (κ1) is 21.8. The molecule has 3 aromatic heterocycles. The van der Waals surface area contributed by atoms with Gasteiger partial charge in [0.25, 0.3) is 15.9 Å². The molecule has 4 aromatic rings. The number of fused-ring (bicyclic) bond motifs is 1. The second-order valence-corrected chi connectivity index (χ2v) is 11.2. The molecule has 10 heteroatoms. The number of nitrogens with zero attached hydrogens (tertiary/aromatic N) is 3. The topological polar surface area (TPSA) is 98.3 Å². The van der Waals surface area contributed by atoms with E-state index in [0.717, 1.165) is 10.4 Å². The molecular weight excluding hydrogens is 480 g/mol. The molecule has 0 fully saturated rings. The SMILES string of the molecule is NC(=O)c1c(Cl)c(-c2ccccc2)n2c1CN(S(=O)(=O)c1ccc(-c3ccccn3)s1)CC2. The Hall–Kier alpha value is -2.98.